The van der Waals surface area contributed by atoms with Gasteiger partial charge in [0.25, 0.3) is 0 Å². The molecule has 0 aliphatic carbocycles. The van der Waals surface area contributed by atoms with Gasteiger partial charge in [-0.25, -0.2) is 4.68 Å². The summed E-state index contributed by atoms with van der Waals surface area (Å²) >= 11 is 12.0. The predicted octanol–water partition coefficient (Wildman–Crippen LogP) is 4.81. The average Bonchev–Trinajstić information content (AvgIpc) is 2.82. The fraction of sp³-hybridized carbons (Fsp3) is 0.375. The lowest BCUT2D eigenvalue weighted by Gasteiger charge is -2.16. The number of hydrogen-bond donors (Lipinski definition) is 0. The van der Waals surface area contributed by atoms with Crippen LogP contribution in [0.3, 0.4) is 0 Å². The van der Waals surface area contributed by atoms with Crippen molar-refractivity contribution in [3.63, 3.8) is 0 Å². The highest BCUT2D eigenvalue weighted by Crippen LogP contribution is 2.29. The zero-order valence-corrected chi connectivity index (χ0v) is 14.3. The summed E-state index contributed by atoms with van der Waals surface area (Å²) in [6.45, 7) is 5.75. The molecule has 6 heteroatoms. The van der Waals surface area contributed by atoms with Crippen LogP contribution in [-0.2, 0) is 4.79 Å². The van der Waals surface area contributed by atoms with Gasteiger partial charge in [0.1, 0.15) is 0 Å². The Morgan fingerprint density at radius 3 is 2.68 bits per heavy atom. The van der Waals surface area contributed by atoms with Gasteiger partial charge in [0, 0.05) is 12.5 Å². The molecular formula is C16H18Cl2N2O2. The van der Waals surface area contributed by atoms with E-state index in [2.05, 4.69) is 5.10 Å². The van der Waals surface area contributed by atoms with E-state index in [0.29, 0.717) is 22.3 Å². The Morgan fingerprint density at radius 2 is 2.05 bits per heavy atom. The first-order chi connectivity index (χ1) is 10.4. The smallest absolute Gasteiger partial charge is 0.312 e. The fourth-order valence-corrected chi connectivity index (χ4v) is 2.44. The molecule has 2 aromatic rings. The average molecular weight is 341 g/mol. The molecule has 0 fully saturated rings. The highest BCUT2D eigenvalue weighted by atomic mass is 35.5. The molecule has 0 saturated heterocycles. The third-order valence-corrected chi connectivity index (χ3v) is 4.03. The first-order valence-corrected chi connectivity index (χ1v) is 7.89. The summed E-state index contributed by atoms with van der Waals surface area (Å²) in [6.07, 6.45) is 1.12. The third kappa shape index (κ3) is 3.81. The Labute approximate surface area is 140 Å². The molecule has 0 spiro atoms. The Balaban J connectivity index is 2.30. The van der Waals surface area contributed by atoms with Crippen molar-refractivity contribution in [1.82, 2.24) is 9.78 Å². The van der Waals surface area contributed by atoms with Gasteiger partial charge < -0.3 is 4.74 Å². The van der Waals surface area contributed by atoms with E-state index in [-0.39, 0.29) is 12.0 Å². The van der Waals surface area contributed by atoms with Crippen LogP contribution < -0.4 is 4.74 Å². The van der Waals surface area contributed by atoms with E-state index in [9.17, 15) is 4.79 Å². The first kappa shape index (κ1) is 16.8. The van der Waals surface area contributed by atoms with Crippen LogP contribution >= 0.6 is 23.2 Å². The van der Waals surface area contributed by atoms with Crippen molar-refractivity contribution >= 4 is 29.2 Å². The topological polar surface area (TPSA) is 44.1 Å². The molecular weight excluding hydrogens is 323 g/mol. The molecule has 1 heterocycles. The van der Waals surface area contributed by atoms with Crippen LogP contribution in [0.4, 0.5) is 0 Å². The second-order valence-corrected chi connectivity index (χ2v) is 5.96. The Hall–Kier alpha value is -1.52. The van der Waals surface area contributed by atoms with Gasteiger partial charge in [-0.2, -0.15) is 5.10 Å². The van der Waals surface area contributed by atoms with Gasteiger partial charge in [-0.05, 0) is 38.0 Å². The minimum Gasteiger partial charge on any atom is -0.408 e. The van der Waals surface area contributed by atoms with Crippen LogP contribution in [0.15, 0.2) is 24.3 Å². The second kappa shape index (κ2) is 7.16. The molecule has 2 rings (SSSR count). The van der Waals surface area contributed by atoms with E-state index in [4.69, 9.17) is 27.9 Å². The van der Waals surface area contributed by atoms with E-state index < -0.39 is 0 Å². The van der Waals surface area contributed by atoms with Crippen molar-refractivity contribution in [2.24, 2.45) is 0 Å². The molecule has 118 valence electrons. The third-order valence-electron chi connectivity index (χ3n) is 3.29. The Morgan fingerprint density at radius 1 is 1.32 bits per heavy atom. The summed E-state index contributed by atoms with van der Waals surface area (Å²) in [5.41, 5.74) is 1.72. The molecule has 0 saturated carbocycles. The Bertz CT molecular complexity index is 683. The standard InChI is InChI=1S/C16H18Cl2N2O2/c1-4-5-16(21)22-15-8-10(2)19-20(15)11(3)12-6-7-13(17)14(18)9-12/h6-9,11H,4-5H2,1-3H3. The molecule has 1 atom stereocenters. The van der Waals surface area contributed by atoms with Crippen molar-refractivity contribution in [2.75, 3.05) is 0 Å². The lowest BCUT2D eigenvalue weighted by molar-refractivity contribution is -0.134. The number of carbonyl (C=O) groups is 1. The molecule has 1 aromatic carbocycles. The largest absolute Gasteiger partial charge is 0.408 e. The Kier molecular flexibility index (Phi) is 5.48. The normalized spacial score (nSPS) is 12.2. The lowest BCUT2D eigenvalue weighted by atomic mass is 10.1. The molecule has 1 unspecified atom stereocenters. The van der Waals surface area contributed by atoms with Crippen LogP contribution in [0.5, 0.6) is 5.88 Å². The number of aromatic nitrogens is 2. The summed E-state index contributed by atoms with van der Waals surface area (Å²) in [7, 11) is 0. The zero-order chi connectivity index (χ0) is 16.3. The van der Waals surface area contributed by atoms with Crippen molar-refractivity contribution in [1.29, 1.82) is 0 Å². The van der Waals surface area contributed by atoms with Gasteiger partial charge in [0.15, 0.2) is 0 Å². The molecule has 4 nitrogen and oxygen atoms in total. The molecule has 0 radical (unpaired) electrons. The van der Waals surface area contributed by atoms with E-state index in [1.54, 1.807) is 22.9 Å². The van der Waals surface area contributed by atoms with E-state index in [1.807, 2.05) is 26.8 Å². The highest BCUT2D eigenvalue weighted by molar-refractivity contribution is 6.42. The molecule has 0 aliphatic rings. The summed E-state index contributed by atoms with van der Waals surface area (Å²) in [6, 6.07) is 7.04. The number of carbonyl (C=O) groups excluding carboxylic acids is 1. The van der Waals surface area contributed by atoms with Crippen molar-refractivity contribution in [2.45, 2.75) is 39.7 Å². The summed E-state index contributed by atoms with van der Waals surface area (Å²) in [5.74, 6) is 0.180. The van der Waals surface area contributed by atoms with Crippen molar-refractivity contribution in [3.05, 3.63) is 45.6 Å². The molecule has 1 aromatic heterocycles. The fourth-order valence-electron chi connectivity index (χ4n) is 2.13. The van der Waals surface area contributed by atoms with Gasteiger partial charge in [-0.1, -0.05) is 36.2 Å². The van der Waals surface area contributed by atoms with Crippen LogP contribution in [0.2, 0.25) is 10.0 Å². The highest BCUT2D eigenvalue weighted by Gasteiger charge is 2.18. The second-order valence-electron chi connectivity index (χ2n) is 5.14. The maximum Gasteiger partial charge on any atom is 0.312 e. The summed E-state index contributed by atoms with van der Waals surface area (Å²) in [4.78, 5) is 11.7. The predicted molar refractivity (Wildman–Crippen MR) is 87.8 cm³/mol. The van der Waals surface area contributed by atoms with Gasteiger partial charge >= 0.3 is 5.97 Å². The van der Waals surface area contributed by atoms with Gasteiger partial charge in [-0.3, -0.25) is 4.79 Å². The maximum absolute atomic E-state index is 11.7. The van der Waals surface area contributed by atoms with Crippen LogP contribution in [-0.4, -0.2) is 15.7 Å². The minimum absolute atomic E-state index is 0.132. The summed E-state index contributed by atoms with van der Waals surface area (Å²) < 4.78 is 7.09. The van der Waals surface area contributed by atoms with Gasteiger partial charge in [0.2, 0.25) is 5.88 Å². The summed E-state index contributed by atoms with van der Waals surface area (Å²) in [5, 5.41) is 5.40. The van der Waals surface area contributed by atoms with Gasteiger partial charge in [-0.15, -0.1) is 0 Å². The lowest BCUT2D eigenvalue weighted by Crippen LogP contribution is -2.15. The maximum atomic E-state index is 11.7. The van der Waals surface area contributed by atoms with E-state index in [1.165, 1.54) is 0 Å². The SMILES string of the molecule is CCCC(=O)Oc1cc(C)nn1C(C)c1ccc(Cl)c(Cl)c1. The number of halogens is 2. The molecule has 0 amide bonds. The number of benzene rings is 1. The molecule has 0 N–H and O–H groups in total. The number of aryl methyl sites for hydroxylation is 1. The quantitative estimate of drug-likeness (QED) is 0.733. The molecule has 0 bridgehead atoms. The van der Waals surface area contributed by atoms with Crippen LogP contribution in [0.25, 0.3) is 0 Å². The first-order valence-electron chi connectivity index (χ1n) is 7.14. The number of rotatable bonds is 5. The van der Waals surface area contributed by atoms with Crippen molar-refractivity contribution < 1.29 is 9.53 Å². The minimum atomic E-state index is -0.259. The number of esters is 1. The number of hydrogen-bond acceptors (Lipinski definition) is 3. The molecule has 0 aliphatic heterocycles. The monoisotopic (exact) mass is 340 g/mol. The number of nitrogens with zero attached hydrogens (tertiary/aromatic N) is 2. The van der Waals surface area contributed by atoms with Gasteiger partial charge in [0.05, 0.1) is 21.8 Å². The number of ether oxygens (including phenoxy) is 1. The van der Waals surface area contributed by atoms with Crippen LogP contribution in [0, 0.1) is 6.92 Å². The van der Waals surface area contributed by atoms with Crippen LogP contribution in [0.1, 0.15) is 44.0 Å². The van der Waals surface area contributed by atoms with Crippen molar-refractivity contribution in [3.8, 4) is 5.88 Å². The van der Waals surface area contributed by atoms with E-state index in [0.717, 1.165) is 17.7 Å². The molecule has 22 heavy (non-hydrogen) atoms. The van der Waals surface area contributed by atoms with E-state index >= 15 is 0 Å². The zero-order valence-electron chi connectivity index (χ0n) is 12.8.